The third kappa shape index (κ3) is 3.71. The highest BCUT2D eigenvalue weighted by Crippen LogP contribution is 2.32. The van der Waals surface area contributed by atoms with E-state index in [9.17, 15) is 4.79 Å². The molecule has 3 heteroatoms. The molecular weight excluding hydrogens is 349 g/mol. The normalized spacial score (nSPS) is 23.4. The van der Waals surface area contributed by atoms with Gasteiger partial charge in [-0.3, -0.25) is 4.79 Å². The molecule has 0 N–H and O–H groups in total. The molecule has 1 heterocycles. The number of carbonyl (C=O) groups is 1. The second-order valence-corrected chi connectivity index (χ2v) is 6.74. The zero-order chi connectivity index (χ0) is 13.8. The van der Waals surface area contributed by atoms with Crippen molar-refractivity contribution in [3.05, 3.63) is 35.9 Å². The van der Waals surface area contributed by atoms with E-state index in [1.54, 1.807) is 0 Å². The van der Waals surface area contributed by atoms with Gasteiger partial charge in [0.2, 0.25) is 5.91 Å². The predicted molar refractivity (Wildman–Crippen MR) is 87.2 cm³/mol. The van der Waals surface area contributed by atoms with Gasteiger partial charge in [0.15, 0.2) is 0 Å². The SMILES string of the molecule is CC(C)C[C@@H]1C(=O)N(Cc2ccccc2)C[C@H]1CI. The fourth-order valence-electron chi connectivity index (χ4n) is 2.84. The number of halogens is 1. The van der Waals surface area contributed by atoms with Gasteiger partial charge < -0.3 is 4.90 Å². The number of benzene rings is 1. The lowest BCUT2D eigenvalue weighted by molar-refractivity contribution is -0.132. The summed E-state index contributed by atoms with van der Waals surface area (Å²) in [6.07, 6.45) is 1.03. The average Bonchev–Trinajstić information content (AvgIpc) is 2.68. The maximum atomic E-state index is 12.5. The number of hydrogen-bond acceptors (Lipinski definition) is 1. The Hall–Kier alpha value is -0.580. The first kappa shape index (κ1) is 14.8. The summed E-state index contributed by atoms with van der Waals surface area (Å²) in [5, 5.41) is 0. The van der Waals surface area contributed by atoms with Crippen molar-refractivity contribution in [1.29, 1.82) is 0 Å². The summed E-state index contributed by atoms with van der Waals surface area (Å²) < 4.78 is 1.08. The molecule has 1 amide bonds. The van der Waals surface area contributed by atoms with E-state index in [4.69, 9.17) is 0 Å². The Kier molecular flexibility index (Phi) is 5.25. The van der Waals surface area contributed by atoms with Crippen LogP contribution in [0.3, 0.4) is 0 Å². The molecule has 1 aliphatic rings. The van der Waals surface area contributed by atoms with E-state index in [1.807, 2.05) is 23.1 Å². The van der Waals surface area contributed by atoms with Crippen molar-refractivity contribution < 1.29 is 4.79 Å². The van der Waals surface area contributed by atoms with Crippen LogP contribution >= 0.6 is 22.6 Å². The van der Waals surface area contributed by atoms with Gasteiger partial charge in [-0.1, -0.05) is 66.8 Å². The summed E-state index contributed by atoms with van der Waals surface area (Å²) in [4.78, 5) is 14.6. The number of likely N-dealkylation sites (tertiary alicyclic amines) is 1. The van der Waals surface area contributed by atoms with Crippen LogP contribution in [0.1, 0.15) is 25.8 Å². The first-order chi connectivity index (χ1) is 9.11. The second-order valence-electron chi connectivity index (χ2n) is 5.85. The molecule has 0 saturated carbocycles. The molecule has 1 saturated heterocycles. The minimum Gasteiger partial charge on any atom is -0.338 e. The first-order valence-corrected chi connectivity index (χ1v) is 8.53. The number of hydrogen-bond donors (Lipinski definition) is 0. The van der Waals surface area contributed by atoms with Gasteiger partial charge >= 0.3 is 0 Å². The maximum absolute atomic E-state index is 12.5. The van der Waals surface area contributed by atoms with Gasteiger partial charge in [0, 0.05) is 23.4 Å². The number of alkyl halides is 1. The molecule has 0 aromatic heterocycles. The molecule has 1 fully saturated rings. The molecule has 104 valence electrons. The van der Waals surface area contributed by atoms with Crippen molar-refractivity contribution in [3.63, 3.8) is 0 Å². The quantitative estimate of drug-likeness (QED) is 0.571. The van der Waals surface area contributed by atoms with Crippen LogP contribution in [-0.2, 0) is 11.3 Å². The van der Waals surface area contributed by atoms with Crippen LogP contribution in [0.5, 0.6) is 0 Å². The lowest BCUT2D eigenvalue weighted by Crippen LogP contribution is -2.27. The van der Waals surface area contributed by atoms with Crippen molar-refractivity contribution in [3.8, 4) is 0 Å². The average molecular weight is 371 g/mol. The lowest BCUT2D eigenvalue weighted by atomic mass is 9.89. The molecule has 0 aliphatic carbocycles. The summed E-state index contributed by atoms with van der Waals surface area (Å²) in [5.41, 5.74) is 1.23. The highest BCUT2D eigenvalue weighted by Gasteiger charge is 2.39. The van der Waals surface area contributed by atoms with Gasteiger partial charge in [-0.15, -0.1) is 0 Å². The summed E-state index contributed by atoms with van der Waals surface area (Å²) in [6.45, 7) is 6.10. The molecule has 0 radical (unpaired) electrons. The highest BCUT2D eigenvalue weighted by atomic mass is 127. The van der Waals surface area contributed by atoms with E-state index in [1.165, 1.54) is 5.56 Å². The zero-order valence-electron chi connectivity index (χ0n) is 11.7. The molecular formula is C16H22INO. The van der Waals surface area contributed by atoms with Crippen molar-refractivity contribution in [2.75, 3.05) is 11.0 Å². The van der Waals surface area contributed by atoms with Gasteiger partial charge in [-0.2, -0.15) is 0 Å². The maximum Gasteiger partial charge on any atom is 0.226 e. The third-order valence-corrected chi connectivity index (χ3v) is 4.92. The largest absolute Gasteiger partial charge is 0.338 e. The van der Waals surface area contributed by atoms with E-state index in [0.717, 1.165) is 23.9 Å². The molecule has 1 aromatic carbocycles. The van der Waals surface area contributed by atoms with Gasteiger partial charge in [0.05, 0.1) is 0 Å². The first-order valence-electron chi connectivity index (χ1n) is 7.00. The minimum atomic E-state index is 0.237. The highest BCUT2D eigenvalue weighted by molar-refractivity contribution is 14.1. The van der Waals surface area contributed by atoms with Crippen LogP contribution < -0.4 is 0 Å². The fraction of sp³-hybridized carbons (Fsp3) is 0.562. The molecule has 19 heavy (non-hydrogen) atoms. The Balaban J connectivity index is 2.05. The van der Waals surface area contributed by atoms with Crippen LogP contribution in [0.2, 0.25) is 0 Å². The van der Waals surface area contributed by atoms with Crippen LogP contribution in [0.15, 0.2) is 30.3 Å². The fourth-order valence-corrected chi connectivity index (χ4v) is 3.73. The zero-order valence-corrected chi connectivity index (χ0v) is 13.8. The Bertz CT molecular complexity index is 418. The molecule has 2 rings (SSSR count). The third-order valence-electron chi connectivity index (χ3n) is 3.79. The number of amides is 1. The smallest absolute Gasteiger partial charge is 0.226 e. The van der Waals surface area contributed by atoms with Crippen molar-refractivity contribution in [2.45, 2.75) is 26.8 Å². The van der Waals surface area contributed by atoms with E-state index in [0.29, 0.717) is 17.7 Å². The molecule has 0 unspecified atom stereocenters. The van der Waals surface area contributed by atoms with E-state index < -0.39 is 0 Å². The number of nitrogens with zero attached hydrogens (tertiary/aromatic N) is 1. The second kappa shape index (κ2) is 6.73. The number of rotatable bonds is 5. The minimum absolute atomic E-state index is 0.237. The number of carbonyl (C=O) groups excluding carboxylic acids is 1. The van der Waals surface area contributed by atoms with E-state index >= 15 is 0 Å². The van der Waals surface area contributed by atoms with E-state index in [2.05, 4.69) is 48.6 Å². The Labute approximate surface area is 129 Å². The molecule has 1 aromatic rings. The molecule has 1 aliphatic heterocycles. The molecule has 2 nitrogen and oxygen atoms in total. The van der Waals surface area contributed by atoms with Crippen molar-refractivity contribution in [2.24, 2.45) is 17.8 Å². The van der Waals surface area contributed by atoms with Crippen LogP contribution in [-0.4, -0.2) is 21.8 Å². The lowest BCUT2D eigenvalue weighted by Gasteiger charge is -2.17. The summed E-state index contributed by atoms with van der Waals surface area (Å²) in [5.74, 6) is 1.72. The van der Waals surface area contributed by atoms with Crippen molar-refractivity contribution in [1.82, 2.24) is 4.90 Å². The Morgan fingerprint density at radius 3 is 2.58 bits per heavy atom. The predicted octanol–water partition coefficient (Wildman–Crippen LogP) is 3.74. The molecule has 0 bridgehead atoms. The van der Waals surface area contributed by atoms with Crippen molar-refractivity contribution >= 4 is 28.5 Å². The monoisotopic (exact) mass is 371 g/mol. The molecule has 0 spiro atoms. The van der Waals surface area contributed by atoms with Crippen LogP contribution in [0.25, 0.3) is 0 Å². The summed E-state index contributed by atoms with van der Waals surface area (Å²) >= 11 is 2.42. The van der Waals surface area contributed by atoms with Gasteiger partial charge in [-0.25, -0.2) is 0 Å². The topological polar surface area (TPSA) is 20.3 Å². The Morgan fingerprint density at radius 2 is 2.00 bits per heavy atom. The van der Waals surface area contributed by atoms with Gasteiger partial charge in [0.25, 0.3) is 0 Å². The standard InChI is InChI=1S/C16H22INO/c1-12(2)8-15-14(9-17)11-18(16(15)19)10-13-6-4-3-5-7-13/h3-7,12,14-15H,8-11H2,1-2H3/t14-,15+/m1/s1. The Morgan fingerprint density at radius 1 is 1.32 bits per heavy atom. The van der Waals surface area contributed by atoms with Crippen LogP contribution in [0.4, 0.5) is 0 Å². The molecule has 2 atom stereocenters. The van der Waals surface area contributed by atoms with Gasteiger partial charge in [-0.05, 0) is 23.8 Å². The summed E-state index contributed by atoms with van der Waals surface area (Å²) in [7, 11) is 0. The van der Waals surface area contributed by atoms with E-state index in [-0.39, 0.29) is 5.92 Å². The van der Waals surface area contributed by atoms with Crippen LogP contribution in [0, 0.1) is 17.8 Å². The van der Waals surface area contributed by atoms with Gasteiger partial charge in [0.1, 0.15) is 0 Å². The summed E-state index contributed by atoms with van der Waals surface area (Å²) in [6, 6.07) is 10.3.